The summed E-state index contributed by atoms with van der Waals surface area (Å²) in [6, 6.07) is 7.65. The number of nitrogens with zero attached hydrogens (tertiary/aromatic N) is 3. The third kappa shape index (κ3) is 2.99. The summed E-state index contributed by atoms with van der Waals surface area (Å²) in [5, 5.41) is 3.67. The minimum atomic E-state index is -1.21. The summed E-state index contributed by atoms with van der Waals surface area (Å²) >= 11 is 13.2. The van der Waals surface area contributed by atoms with Crippen LogP contribution in [0, 0.1) is 0 Å². The average molecular weight is 387 g/mol. The number of thiazole rings is 1. The molecule has 1 unspecified atom stereocenters. The SMILES string of the molecule is CO/N=C(\C(=O)S)C1=N[C@@H](N)SC1(Cl)c1nc2ccccc2s1. The Kier molecular flexibility index (Phi) is 4.65. The van der Waals surface area contributed by atoms with E-state index in [0.29, 0.717) is 5.01 Å². The Morgan fingerprint density at radius 3 is 2.91 bits per heavy atom. The van der Waals surface area contributed by atoms with Crippen LogP contribution in [0.3, 0.4) is 0 Å². The molecular weight excluding hydrogens is 376 g/mol. The maximum Gasteiger partial charge on any atom is 0.240 e. The molecule has 0 radical (unpaired) electrons. The summed E-state index contributed by atoms with van der Waals surface area (Å²) in [6.45, 7) is 0. The van der Waals surface area contributed by atoms with Gasteiger partial charge in [-0.25, -0.2) is 4.98 Å². The molecule has 1 aromatic carbocycles. The first-order valence-corrected chi connectivity index (χ1v) is 8.89. The van der Waals surface area contributed by atoms with Crippen LogP contribution in [0.25, 0.3) is 10.2 Å². The second-order valence-electron chi connectivity index (χ2n) is 4.50. The third-order valence-corrected chi connectivity index (χ3v) is 6.32. The Morgan fingerprint density at radius 1 is 1.52 bits per heavy atom. The van der Waals surface area contributed by atoms with Crippen LogP contribution in [-0.2, 0) is 13.8 Å². The van der Waals surface area contributed by atoms with Gasteiger partial charge in [0.05, 0.1) is 10.2 Å². The Morgan fingerprint density at radius 2 is 2.26 bits per heavy atom. The number of fused-ring (bicyclic) bond motifs is 1. The van der Waals surface area contributed by atoms with Crippen LogP contribution in [-0.4, -0.2) is 34.1 Å². The highest BCUT2D eigenvalue weighted by molar-refractivity contribution is 8.03. The molecule has 0 saturated carbocycles. The molecule has 6 nitrogen and oxygen atoms in total. The zero-order valence-corrected chi connectivity index (χ0v) is 15.0. The van der Waals surface area contributed by atoms with E-state index in [1.165, 1.54) is 30.2 Å². The van der Waals surface area contributed by atoms with Gasteiger partial charge in [-0.2, -0.15) is 0 Å². The average Bonchev–Trinajstić information content (AvgIpc) is 3.06. The quantitative estimate of drug-likeness (QED) is 0.365. The Hall–Kier alpha value is -1.13. The molecule has 0 amide bonds. The minimum Gasteiger partial charge on any atom is -0.398 e. The molecule has 2 atom stereocenters. The summed E-state index contributed by atoms with van der Waals surface area (Å²) < 4.78 is -0.232. The monoisotopic (exact) mass is 386 g/mol. The van der Waals surface area contributed by atoms with Crippen LogP contribution in [0.5, 0.6) is 0 Å². The van der Waals surface area contributed by atoms with Crippen LogP contribution in [0.1, 0.15) is 5.01 Å². The number of para-hydroxylation sites is 1. The van der Waals surface area contributed by atoms with Crippen molar-refractivity contribution in [2.24, 2.45) is 15.9 Å². The Balaban J connectivity index is 2.13. The number of aromatic nitrogens is 1. The number of hydrogen-bond donors (Lipinski definition) is 2. The molecule has 2 heterocycles. The lowest BCUT2D eigenvalue weighted by Gasteiger charge is -2.19. The first-order valence-electron chi connectivity index (χ1n) is 6.37. The maximum atomic E-state index is 11.8. The van der Waals surface area contributed by atoms with E-state index >= 15 is 0 Å². The molecule has 1 aromatic heterocycles. The van der Waals surface area contributed by atoms with Gasteiger partial charge in [-0.1, -0.05) is 53.3 Å². The van der Waals surface area contributed by atoms with Crippen molar-refractivity contribution < 1.29 is 9.63 Å². The number of alkyl halides is 1. The van der Waals surface area contributed by atoms with Crippen molar-refractivity contribution in [2.45, 2.75) is 9.70 Å². The molecule has 0 bridgehead atoms. The van der Waals surface area contributed by atoms with Gasteiger partial charge in [-0.3, -0.25) is 9.79 Å². The molecule has 0 fully saturated rings. The Labute approximate surface area is 150 Å². The fourth-order valence-electron chi connectivity index (χ4n) is 2.11. The third-order valence-electron chi connectivity index (χ3n) is 3.02. The van der Waals surface area contributed by atoms with Crippen LogP contribution in [0.15, 0.2) is 34.4 Å². The number of thiol groups is 1. The van der Waals surface area contributed by atoms with E-state index in [0.717, 1.165) is 10.2 Å². The van der Waals surface area contributed by atoms with Crippen molar-refractivity contribution in [3.63, 3.8) is 0 Å². The van der Waals surface area contributed by atoms with E-state index < -0.39 is 14.8 Å². The number of nitrogens with two attached hydrogens (primary N) is 1. The normalized spacial score (nSPS) is 24.8. The second kappa shape index (κ2) is 6.40. The van der Waals surface area contributed by atoms with Gasteiger partial charge in [0.15, 0.2) is 9.92 Å². The minimum absolute atomic E-state index is 0.0782. The van der Waals surface area contributed by atoms with E-state index in [1.54, 1.807) is 0 Å². The lowest BCUT2D eigenvalue weighted by molar-refractivity contribution is -0.105. The lowest BCUT2D eigenvalue weighted by Crippen LogP contribution is -2.33. The maximum absolute atomic E-state index is 11.8. The molecule has 0 aliphatic carbocycles. The summed E-state index contributed by atoms with van der Waals surface area (Å²) in [7, 11) is 1.33. The molecule has 120 valence electrons. The van der Waals surface area contributed by atoms with Gasteiger partial charge in [0.2, 0.25) is 5.12 Å². The van der Waals surface area contributed by atoms with Gasteiger partial charge >= 0.3 is 0 Å². The van der Waals surface area contributed by atoms with Crippen molar-refractivity contribution in [1.29, 1.82) is 0 Å². The van der Waals surface area contributed by atoms with Gasteiger partial charge < -0.3 is 10.6 Å². The highest BCUT2D eigenvalue weighted by atomic mass is 35.5. The van der Waals surface area contributed by atoms with Crippen LogP contribution < -0.4 is 5.73 Å². The van der Waals surface area contributed by atoms with Crippen LogP contribution in [0.2, 0.25) is 0 Å². The molecule has 23 heavy (non-hydrogen) atoms. The lowest BCUT2D eigenvalue weighted by atomic mass is 10.1. The number of benzene rings is 1. The summed E-state index contributed by atoms with van der Waals surface area (Å²) in [4.78, 5) is 25.3. The predicted molar refractivity (Wildman–Crippen MR) is 98.6 cm³/mol. The molecule has 2 aromatic rings. The molecule has 10 heteroatoms. The largest absolute Gasteiger partial charge is 0.398 e. The number of oxime groups is 1. The number of hydrogen-bond acceptors (Lipinski definition) is 8. The van der Waals surface area contributed by atoms with Gasteiger partial charge in [0.25, 0.3) is 0 Å². The number of halogens is 1. The molecule has 1 aliphatic heterocycles. The van der Waals surface area contributed by atoms with Gasteiger partial charge in [0, 0.05) is 0 Å². The topological polar surface area (TPSA) is 89.9 Å². The highest BCUT2D eigenvalue weighted by Crippen LogP contribution is 2.50. The predicted octanol–water partition coefficient (Wildman–Crippen LogP) is 2.58. The summed E-state index contributed by atoms with van der Waals surface area (Å²) in [6.07, 6.45) is 0. The molecule has 2 N–H and O–H groups in total. The summed E-state index contributed by atoms with van der Waals surface area (Å²) in [5.41, 5.74) is 6.21. The fourth-order valence-corrected chi connectivity index (χ4v) is 4.94. The van der Waals surface area contributed by atoms with E-state index in [-0.39, 0.29) is 11.4 Å². The van der Waals surface area contributed by atoms with Gasteiger partial charge in [-0.05, 0) is 12.1 Å². The van der Waals surface area contributed by atoms with E-state index in [4.69, 9.17) is 22.2 Å². The smallest absolute Gasteiger partial charge is 0.240 e. The van der Waals surface area contributed by atoms with E-state index in [9.17, 15) is 4.79 Å². The van der Waals surface area contributed by atoms with Crippen molar-refractivity contribution in [1.82, 2.24) is 4.98 Å². The molecule has 1 aliphatic rings. The number of aliphatic imine (C=N–C) groups is 1. The summed E-state index contributed by atoms with van der Waals surface area (Å²) in [5.74, 6) is 0. The van der Waals surface area contributed by atoms with Crippen LogP contribution in [0.4, 0.5) is 0 Å². The number of carbonyl (C=O) groups is 1. The van der Waals surface area contributed by atoms with E-state index in [1.807, 2.05) is 24.3 Å². The number of rotatable bonds is 4. The number of carbonyl (C=O) groups excluding carboxylic acids is 1. The first-order chi connectivity index (χ1) is 11.0. The fraction of sp³-hybridized carbons (Fsp3) is 0.231. The molecule has 3 rings (SSSR count). The first kappa shape index (κ1) is 16.7. The Bertz CT molecular complexity index is 804. The van der Waals surface area contributed by atoms with Crippen molar-refractivity contribution in [2.75, 3.05) is 7.11 Å². The number of thioether (sulfide) groups is 1. The second-order valence-corrected chi connectivity index (χ2v) is 8.05. The van der Waals surface area contributed by atoms with Gasteiger partial charge in [0.1, 0.15) is 23.3 Å². The standard InChI is InChI=1S/C13H11ClN4O2S3/c1-20-18-8(10(19)21)9-13(14,23-12(15)17-9)11-16-6-4-2-3-5-7(6)22-11/h2-5,12H,15H2,1H3,(H,19,21)/b18-8-/t12-,13?/m1/s1. The van der Waals surface area contributed by atoms with Gasteiger partial charge in [-0.15, -0.1) is 11.3 Å². The van der Waals surface area contributed by atoms with Crippen molar-refractivity contribution in [3.8, 4) is 0 Å². The van der Waals surface area contributed by atoms with E-state index in [2.05, 4.69) is 27.8 Å². The molecule has 0 spiro atoms. The highest BCUT2D eigenvalue weighted by Gasteiger charge is 2.49. The van der Waals surface area contributed by atoms with Crippen molar-refractivity contribution >= 4 is 74.1 Å². The zero-order chi connectivity index (χ0) is 16.6. The zero-order valence-electron chi connectivity index (χ0n) is 11.8. The van der Waals surface area contributed by atoms with Crippen molar-refractivity contribution in [3.05, 3.63) is 29.3 Å². The molecular formula is C13H11ClN4O2S3. The molecule has 0 saturated heterocycles. The van der Waals surface area contributed by atoms with Crippen LogP contribution >= 0.6 is 47.3 Å².